The van der Waals surface area contributed by atoms with E-state index in [0.29, 0.717) is 36.1 Å². The van der Waals surface area contributed by atoms with Crippen LogP contribution in [0.25, 0.3) is 0 Å². The second kappa shape index (κ2) is 5.72. The molecule has 25 heavy (non-hydrogen) atoms. The lowest BCUT2D eigenvalue weighted by Crippen LogP contribution is -2.33. The first kappa shape index (κ1) is 14.7. The maximum absolute atomic E-state index is 12.9. The van der Waals surface area contributed by atoms with Gasteiger partial charge >= 0.3 is 0 Å². The molecule has 1 saturated carbocycles. The van der Waals surface area contributed by atoms with Gasteiger partial charge in [-0.25, -0.2) is 9.97 Å². The Morgan fingerprint density at radius 1 is 1.08 bits per heavy atom. The van der Waals surface area contributed by atoms with E-state index in [1.54, 1.807) is 18.5 Å². The van der Waals surface area contributed by atoms with Crippen LogP contribution in [0.2, 0.25) is 0 Å². The Morgan fingerprint density at radius 3 is 2.80 bits per heavy atom. The molecule has 0 bridgehead atoms. The van der Waals surface area contributed by atoms with Crippen molar-refractivity contribution in [2.24, 2.45) is 0 Å². The molecule has 0 saturated heterocycles. The Bertz CT molecular complexity index is 848. The van der Waals surface area contributed by atoms with Gasteiger partial charge in [0.05, 0.1) is 5.69 Å². The molecule has 0 atom stereocenters. The number of amides is 1. The van der Waals surface area contributed by atoms with Gasteiger partial charge in [0.1, 0.15) is 6.33 Å². The van der Waals surface area contributed by atoms with E-state index in [9.17, 15) is 4.79 Å². The third-order valence-electron chi connectivity index (χ3n) is 5.19. The van der Waals surface area contributed by atoms with E-state index in [0.717, 1.165) is 18.5 Å². The maximum Gasteiger partial charge on any atom is 0.254 e. The van der Waals surface area contributed by atoms with E-state index in [2.05, 4.69) is 9.97 Å². The van der Waals surface area contributed by atoms with Crippen LogP contribution in [-0.4, -0.2) is 40.7 Å². The first-order valence-corrected chi connectivity index (χ1v) is 8.81. The summed E-state index contributed by atoms with van der Waals surface area (Å²) in [7, 11) is 0. The smallest absolute Gasteiger partial charge is 0.254 e. The average Bonchev–Trinajstić information content (AvgIpc) is 3.41. The number of carbonyl (C=O) groups excluding carboxylic acids is 1. The molecule has 6 nitrogen and oxygen atoms in total. The normalized spacial score (nSPS) is 18.6. The Morgan fingerprint density at radius 2 is 1.92 bits per heavy atom. The molecule has 1 aromatic heterocycles. The van der Waals surface area contributed by atoms with Crippen molar-refractivity contribution in [2.75, 3.05) is 19.9 Å². The molecule has 3 heterocycles. The van der Waals surface area contributed by atoms with Crippen LogP contribution >= 0.6 is 0 Å². The summed E-state index contributed by atoms with van der Waals surface area (Å²) in [6.45, 7) is 1.60. The van der Waals surface area contributed by atoms with Gasteiger partial charge < -0.3 is 14.4 Å². The van der Waals surface area contributed by atoms with Crippen molar-refractivity contribution in [3.8, 4) is 11.5 Å². The van der Waals surface area contributed by atoms with Crippen molar-refractivity contribution < 1.29 is 14.3 Å². The van der Waals surface area contributed by atoms with Crippen LogP contribution in [0, 0.1) is 0 Å². The highest BCUT2D eigenvalue weighted by Gasteiger charge is 2.31. The van der Waals surface area contributed by atoms with E-state index < -0.39 is 0 Å². The first-order valence-electron chi connectivity index (χ1n) is 8.81. The van der Waals surface area contributed by atoms with Crippen molar-refractivity contribution in [3.05, 3.63) is 47.0 Å². The second-order valence-electron chi connectivity index (χ2n) is 6.82. The Labute approximate surface area is 145 Å². The predicted octanol–water partition coefficient (Wildman–Crippen LogP) is 2.32. The molecule has 1 aliphatic carbocycles. The highest BCUT2D eigenvalue weighted by molar-refractivity contribution is 5.95. The van der Waals surface area contributed by atoms with Crippen molar-refractivity contribution in [1.29, 1.82) is 0 Å². The topological polar surface area (TPSA) is 64.6 Å². The van der Waals surface area contributed by atoms with Gasteiger partial charge in [-0.3, -0.25) is 4.79 Å². The highest BCUT2D eigenvalue weighted by Crippen LogP contribution is 2.41. The summed E-state index contributed by atoms with van der Waals surface area (Å²) in [5.41, 5.74) is 4.23. The lowest BCUT2D eigenvalue weighted by molar-refractivity contribution is 0.0762. The van der Waals surface area contributed by atoms with E-state index in [1.165, 1.54) is 24.1 Å². The van der Waals surface area contributed by atoms with Gasteiger partial charge in [0, 0.05) is 36.7 Å². The molecule has 3 aliphatic rings. The zero-order valence-electron chi connectivity index (χ0n) is 13.9. The summed E-state index contributed by atoms with van der Waals surface area (Å²) in [5.74, 6) is 1.98. The number of rotatable bonds is 2. The van der Waals surface area contributed by atoms with Gasteiger partial charge in [0.15, 0.2) is 11.5 Å². The zero-order chi connectivity index (χ0) is 16.8. The lowest BCUT2D eigenvalue weighted by Gasteiger charge is -2.20. The molecule has 0 unspecified atom stereocenters. The molecule has 5 rings (SSSR count). The quantitative estimate of drug-likeness (QED) is 0.841. The Balaban J connectivity index is 1.38. The molecule has 2 aliphatic heterocycles. The van der Waals surface area contributed by atoms with Crippen molar-refractivity contribution >= 4 is 5.91 Å². The molecule has 2 aromatic rings. The van der Waals surface area contributed by atoms with Crippen LogP contribution in [0.5, 0.6) is 11.5 Å². The molecule has 1 fully saturated rings. The van der Waals surface area contributed by atoms with Gasteiger partial charge in [-0.2, -0.15) is 0 Å². The van der Waals surface area contributed by atoms with E-state index in [1.807, 2.05) is 11.0 Å². The van der Waals surface area contributed by atoms with Gasteiger partial charge in [0.25, 0.3) is 5.91 Å². The summed E-state index contributed by atoms with van der Waals surface area (Å²) >= 11 is 0. The molecular formula is C19H19N3O3. The standard InChI is InChI=1S/C19H19N3O3/c23-19(13-3-4-16-17(9-13)25-11-24-16)22-7-5-14-15(6-8-22)20-10-21-18(14)12-1-2-12/h3-4,9-10,12H,1-2,5-8,11H2. The number of aromatic nitrogens is 2. The number of ether oxygens (including phenoxy) is 2. The third kappa shape index (κ3) is 2.62. The van der Waals surface area contributed by atoms with Crippen LogP contribution in [-0.2, 0) is 12.8 Å². The molecule has 0 spiro atoms. The fraction of sp³-hybridized carbons (Fsp3) is 0.421. The number of benzene rings is 1. The molecule has 0 radical (unpaired) electrons. The summed E-state index contributed by atoms with van der Waals surface area (Å²) in [6, 6.07) is 5.39. The van der Waals surface area contributed by atoms with Gasteiger partial charge in [-0.05, 0) is 43.0 Å². The van der Waals surface area contributed by atoms with E-state index >= 15 is 0 Å². The minimum atomic E-state index is 0.0343. The van der Waals surface area contributed by atoms with Crippen molar-refractivity contribution in [1.82, 2.24) is 14.9 Å². The number of carbonyl (C=O) groups is 1. The molecule has 128 valence electrons. The average molecular weight is 337 g/mol. The number of fused-ring (bicyclic) bond motifs is 2. The second-order valence-corrected chi connectivity index (χ2v) is 6.82. The summed E-state index contributed by atoms with van der Waals surface area (Å²) in [4.78, 5) is 23.8. The van der Waals surface area contributed by atoms with Crippen LogP contribution in [0.3, 0.4) is 0 Å². The Kier molecular flexibility index (Phi) is 3.36. The third-order valence-corrected chi connectivity index (χ3v) is 5.19. The van der Waals surface area contributed by atoms with Crippen molar-refractivity contribution in [2.45, 2.75) is 31.6 Å². The first-order chi connectivity index (χ1) is 12.3. The van der Waals surface area contributed by atoms with Crippen LogP contribution in [0.15, 0.2) is 24.5 Å². The number of hydrogen-bond donors (Lipinski definition) is 0. The molecule has 1 aromatic carbocycles. The summed E-state index contributed by atoms with van der Waals surface area (Å²) in [6.07, 6.45) is 5.75. The maximum atomic E-state index is 12.9. The van der Waals surface area contributed by atoms with E-state index in [-0.39, 0.29) is 12.7 Å². The molecule has 6 heteroatoms. The van der Waals surface area contributed by atoms with Crippen LogP contribution < -0.4 is 9.47 Å². The minimum absolute atomic E-state index is 0.0343. The van der Waals surface area contributed by atoms with E-state index in [4.69, 9.17) is 9.47 Å². The van der Waals surface area contributed by atoms with Crippen molar-refractivity contribution in [3.63, 3.8) is 0 Å². The van der Waals surface area contributed by atoms with Gasteiger partial charge in [0.2, 0.25) is 6.79 Å². The molecule has 1 amide bonds. The fourth-order valence-electron chi connectivity index (χ4n) is 3.68. The predicted molar refractivity (Wildman–Crippen MR) is 89.9 cm³/mol. The zero-order valence-corrected chi connectivity index (χ0v) is 13.9. The molecular weight excluding hydrogens is 318 g/mol. The highest BCUT2D eigenvalue weighted by atomic mass is 16.7. The number of hydrogen-bond acceptors (Lipinski definition) is 5. The molecule has 0 N–H and O–H groups in total. The van der Waals surface area contributed by atoms with Gasteiger partial charge in [-0.1, -0.05) is 0 Å². The summed E-state index contributed by atoms with van der Waals surface area (Å²) in [5, 5.41) is 0. The lowest BCUT2D eigenvalue weighted by atomic mass is 10.0. The fourth-order valence-corrected chi connectivity index (χ4v) is 3.68. The Hall–Kier alpha value is -2.63. The SMILES string of the molecule is O=C(c1ccc2c(c1)OCO2)N1CCc2ncnc(C3CC3)c2CC1. The minimum Gasteiger partial charge on any atom is -0.454 e. The monoisotopic (exact) mass is 337 g/mol. The number of nitrogens with zero attached hydrogens (tertiary/aromatic N) is 3. The van der Waals surface area contributed by atoms with Gasteiger partial charge in [-0.15, -0.1) is 0 Å². The largest absolute Gasteiger partial charge is 0.454 e. The summed E-state index contributed by atoms with van der Waals surface area (Å²) < 4.78 is 10.7. The van der Waals surface area contributed by atoms with Crippen LogP contribution in [0.1, 0.15) is 46.1 Å². The van der Waals surface area contributed by atoms with Crippen LogP contribution in [0.4, 0.5) is 0 Å².